The van der Waals surface area contributed by atoms with E-state index in [2.05, 4.69) is 45.5 Å². The molecule has 0 aromatic heterocycles. The number of guanidine groups is 1. The summed E-state index contributed by atoms with van der Waals surface area (Å²) in [4.78, 5) is 21.4. The minimum absolute atomic E-state index is 0.0979. The van der Waals surface area contributed by atoms with E-state index in [0.29, 0.717) is 0 Å². The fraction of sp³-hybridized carbons (Fsp3) is 0.364. The molecule has 0 unspecified atom stereocenters. The average molecular weight is 362 g/mol. The first kappa shape index (κ1) is 17.6. The third-order valence-electron chi connectivity index (χ3n) is 5.45. The topological polar surface area (TPSA) is 47.9 Å². The Kier molecular flexibility index (Phi) is 5.10. The molecule has 2 aromatic carbocycles. The summed E-state index contributed by atoms with van der Waals surface area (Å²) in [6, 6.07) is 16.7. The number of benzene rings is 2. The molecular formula is C22H26N4O. The standard InChI is InChI=1S/C22H26N4O/c1-23-22(25-14-12-17-7-2-3-9-19(17)16-25)24-15-21(27)26-13-6-10-18-8-4-5-11-20(18)26/h2-5,7-9,11H,6,10,12-16H2,1H3,(H,23,24). The summed E-state index contributed by atoms with van der Waals surface area (Å²) in [5.74, 6) is 0.892. The third kappa shape index (κ3) is 3.68. The van der Waals surface area contributed by atoms with Crippen LogP contribution in [0.25, 0.3) is 0 Å². The normalized spacial score (nSPS) is 16.6. The van der Waals surface area contributed by atoms with Gasteiger partial charge >= 0.3 is 0 Å². The smallest absolute Gasteiger partial charge is 0.246 e. The monoisotopic (exact) mass is 362 g/mol. The number of aryl methyl sites for hydroxylation is 1. The quantitative estimate of drug-likeness (QED) is 0.660. The zero-order valence-corrected chi connectivity index (χ0v) is 15.8. The van der Waals surface area contributed by atoms with Crippen molar-refractivity contribution in [3.8, 4) is 0 Å². The summed E-state index contributed by atoms with van der Waals surface area (Å²) in [5, 5.41) is 3.28. The largest absolute Gasteiger partial charge is 0.347 e. The first-order valence-corrected chi connectivity index (χ1v) is 9.67. The number of para-hydroxylation sites is 1. The molecule has 0 spiro atoms. The minimum Gasteiger partial charge on any atom is -0.347 e. The Morgan fingerprint density at radius 3 is 2.56 bits per heavy atom. The van der Waals surface area contributed by atoms with E-state index in [1.54, 1.807) is 7.05 Å². The number of amides is 1. The van der Waals surface area contributed by atoms with Crippen LogP contribution in [0.4, 0.5) is 5.69 Å². The van der Waals surface area contributed by atoms with Gasteiger partial charge in [-0.15, -0.1) is 0 Å². The molecule has 0 radical (unpaired) electrons. The number of aliphatic imine (C=N–C) groups is 1. The molecule has 4 rings (SSSR count). The molecule has 2 heterocycles. The van der Waals surface area contributed by atoms with Gasteiger partial charge in [0.1, 0.15) is 0 Å². The highest BCUT2D eigenvalue weighted by Crippen LogP contribution is 2.26. The molecule has 0 saturated heterocycles. The lowest BCUT2D eigenvalue weighted by atomic mass is 10.0. The molecule has 5 heteroatoms. The molecule has 2 aliphatic rings. The Hall–Kier alpha value is -2.82. The second kappa shape index (κ2) is 7.82. The van der Waals surface area contributed by atoms with Gasteiger partial charge in [-0.2, -0.15) is 0 Å². The van der Waals surface area contributed by atoms with Crippen LogP contribution < -0.4 is 10.2 Å². The van der Waals surface area contributed by atoms with Crippen LogP contribution in [0.5, 0.6) is 0 Å². The third-order valence-corrected chi connectivity index (χ3v) is 5.45. The number of rotatable bonds is 2. The first-order chi connectivity index (χ1) is 13.3. The lowest BCUT2D eigenvalue weighted by Gasteiger charge is -2.33. The number of carbonyl (C=O) groups excluding carboxylic acids is 1. The van der Waals surface area contributed by atoms with Crippen LogP contribution in [-0.4, -0.2) is 43.4 Å². The highest BCUT2D eigenvalue weighted by atomic mass is 16.2. The molecular weight excluding hydrogens is 336 g/mol. The summed E-state index contributed by atoms with van der Waals surface area (Å²) < 4.78 is 0. The lowest BCUT2D eigenvalue weighted by Crippen LogP contribution is -2.48. The van der Waals surface area contributed by atoms with Gasteiger partial charge in [0.15, 0.2) is 5.96 Å². The molecule has 0 fully saturated rings. The van der Waals surface area contributed by atoms with Crippen molar-refractivity contribution >= 4 is 17.6 Å². The van der Waals surface area contributed by atoms with E-state index in [1.807, 2.05) is 23.1 Å². The maximum absolute atomic E-state index is 12.9. The van der Waals surface area contributed by atoms with Crippen molar-refractivity contribution in [1.29, 1.82) is 0 Å². The fourth-order valence-electron chi connectivity index (χ4n) is 4.05. The predicted octanol–water partition coefficient (Wildman–Crippen LogP) is 2.60. The summed E-state index contributed by atoms with van der Waals surface area (Å²) in [5.41, 5.74) is 5.06. The van der Waals surface area contributed by atoms with Crippen LogP contribution in [0.1, 0.15) is 23.1 Å². The molecule has 0 aliphatic carbocycles. The SMILES string of the molecule is CN=C(NCC(=O)N1CCCc2ccccc21)N1CCc2ccccc2C1. The molecule has 1 N–H and O–H groups in total. The van der Waals surface area contributed by atoms with E-state index < -0.39 is 0 Å². The van der Waals surface area contributed by atoms with Crippen LogP contribution in [0, 0.1) is 0 Å². The van der Waals surface area contributed by atoms with Crippen molar-refractivity contribution in [2.24, 2.45) is 4.99 Å². The number of nitrogens with zero attached hydrogens (tertiary/aromatic N) is 3. The average Bonchev–Trinajstić information content (AvgIpc) is 2.73. The zero-order chi connectivity index (χ0) is 18.6. The lowest BCUT2D eigenvalue weighted by molar-refractivity contribution is -0.117. The van der Waals surface area contributed by atoms with Crippen molar-refractivity contribution in [2.75, 3.05) is 31.6 Å². The van der Waals surface area contributed by atoms with Gasteiger partial charge in [0.05, 0.1) is 6.54 Å². The molecule has 0 atom stereocenters. The van der Waals surface area contributed by atoms with E-state index in [4.69, 9.17) is 0 Å². The van der Waals surface area contributed by atoms with Crippen molar-refractivity contribution in [1.82, 2.24) is 10.2 Å². The Morgan fingerprint density at radius 2 is 1.74 bits per heavy atom. The molecule has 5 nitrogen and oxygen atoms in total. The Bertz CT molecular complexity index is 861. The molecule has 2 aliphatic heterocycles. The van der Waals surface area contributed by atoms with Crippen LogP contribution >= 0.6 is 0 Å². The van der Waals surface area contributed by atoms with Gasteiger partial charge in [0.2, 0.25) is 5.91 Å². The van der Waals surface area contributed by atoms with Crippen molar-refractivity contribution in [3.05, 3.63) is 65.2 Å². The summed E-state index contributed by atoms with van der Waals surface area (Å²) >= 11 is 0. The minimum atomic E-state index is 0.0979. The van der Waals surface area contributed by atoms with Gasteiger partial charge in [-0.05, 0) is 42.0 Å². The van der Waals surface area contributed by atoms with E-state index >= 15 is 0 Å². The molecule has 1 amide bonds. The van der Waals surface area contributed by atoms with Crippen molar-refractivity contribution < 1.29 is 4.79 Å². The van der Waals surface area contributed by atoms with E-state index in [-0.39, 0.29) is 12.5 Å². The van der Waals surface area contributed by atoms with Gasteiger partial charge in [0, 0.05) is 32.4 Å². The summed E-state index contributed by atoms with van der Waals surface area (Å²) in [6.45, 7) is 2.79. The van der Waals surface area contributed by atoms with Gasteiger partial charge in [-0.3, -0.25) is 9.79 Å². The number of nitrogens with one attached hydrogen (secondary N) is 1. The number of fused-ring (bicyclic) bond motifs is 2. The zero-order valence-electron chi connectivity index (χ0n) is 15.8. The maximum atomic E-state index is 12.9. The molecule has 0 saturated carbocycles. The second-order valence-electron chi connectivity index (χ2n) is 7.12. The highest BCUT2D eigenvalue weighted by Gasteiger charge is 2.23. The van der Waals surface area contributed by atoms with Crippen LogP contribution in [-0.2, 0) is 24.2 Å². The molecule has 140 valence electrons. The van der Waals surface area contributed by atoms with Gasteiger partial charge < -0.3 is 15.1 Å². The molecule has 0 bridgehead atoms. The van der Waals surface area contributed by atoms with E-state index in [9.17, 15) is 4.79 Å². The molecule has 27 heavy (non-hydrogen) atoms. The van der Waals surface area contributed by atoms with Crippen molar-refractivity contribution in [3.63, 3.8) is 0 Å². The molecule has 2 aromatic rings. The Morgan fingerprint density at radius 1 is 1.00 bits per heavy atom. The van der Waals surface area contributed by atoms with Crippen LogP contribution in [0.3, 0.4) is 0 Å². The number of carbonyl (C=O) groups is 1. The summed E-state index contributed by atoms with van der Waals surface area (Å²) in [6.07, 6.45) is 3.06. The number of hydrogen-bond acceptors (Lipinski definition) is 2. The number of hydrogen-bond donors (Lipinski definition) is 1. The Labute approximate surface area is 160 Å². The number of anilines is 1. The first-order valence-electron chi connectivity index (χ1n) is 9.67. The fourth-order valence-corrected chi connectivity index (χ4v) is 4.05. The summed E-state index contributed by atoms with van der Waals surface area (Å²) in [7, 11) is 1.78. The van der Waals surface area contributed by atoms with Crippen LogP contribution in [0.2, 0.25) is 0 Å². The van der Waals surface area contributed by atoms with E-state index in [0.717, 1.165) is 50.5 Å². The van der Waals surface area contributed by atoms with Gasteiger partial charge in [0.25, 0.3) is 0 Å². The maximum Gasteiger partial charge on any atom is 0.246 e. The second-order valence-corrected chi connectivity index (χ2v) is 7.12. The predicted molar refractivity (Wildman–Crippen MR) is 109 cm³/mol. The van der Waals surface area contributed by atoms with Crippen LogP contribution in [0.15, 0.2) is 53.5 Å². The van der Waals surface area contributed by atoms with E-state index in [1.165, 1.54) is 16.7 Å². The van der Waals surface area contributed by atoms with Gasteiger partial charge in [-0.1, -0.05) is 42.5 Å². The Balaban J connectivity index is 1.40. The van der Waals surface area contributed by atoms with Gasteiger partial charge in [-0.25, -0.2) is 0 Å². The highest BCUT2D eigenvalue weighted by molar-refractivity contribution is 5.98. The van der Waals surface area contributed by atoms with Crippen molar-refractivity contribution in [2.45, 2.75) is 25.8 Å².